The van der Waals surface area contributed by atoms with E-state index >= 15 is 0 Å². The van der Waals surface area contributed by atoms with Gasteiger partial charge in [0.15, 0.2) is 5.78 Å². The molecule has 1 atom stereocenters. The number of pyridine rings is 1. The smallest absolute Gasteiger partial charge is 0.164 e. The second-order valence-corrected chi connectivity index (χ2v) is 19.6. The van der Waals surface area contributed by atoms with Gasteiger partial charge < -0.3 is 10.1 Å². The molecule has 0 bridgehead atoms. The number of fused-ring (bicyclic) bond motifs is 1. The summed E-state index contributed by atoms with van der Waals surface area (Å²) >= 11 is 0. The summed E-state index contributed by atoms with van der Waals surface area (Å²) in [5.74, 6) is 0.863. The summed E-state index contributed by atoms with van der Waals surface area (Å²) in [4.78, 5) is 17.1. The van der Waals surface area contributed by atoms with Gasteiger partial charge in [0.1, 0.15) is 5.76 Å². The number of nitrogens with zero attached hydrogens (tertiary/aromatic N) is 1. The first-order valence-corrected chi connectivity index (χ1v) is 20.3. The minimum atomic E-state index is -1.50. The third-order valence-corrected chi connectivity index (χ3v) is 12.2. The van der Waals surface area contributed by atoms with Gasteiger partial charge in [0.05, 0.1) is 8.07 Å². The fraction of sp³-hybridized carbons (Fsp3) is 0.550. The number of rotatable bonds is 11. The Morgan fingerprint density at radius 1 is 0.911 bits per heavy atom. The van der Waals surface area contributed by atoms with Crippen LogP contribution in [0.3, 0.4) is 0 Å². The van der Waals surface area contributed by atoms with E-state index in [1.165, 1.54) is 44.3 Å². The van der Waals surface area contributed by atoms with Crippen LogP contribution in [0.1, 0.15) is 116 Å². The molecule has 0 aliphatic rings. The molecule has 0 fully saturated rings. The Bertz CT molecular complexity index is 1460. The van der Waals surface area contributed by atoms with Crippen LogP contribution in [0.15, 0.2) is 42.3 Å². The zero-order chi connectivity index (χ0) is 33.6. The Morgan fingerprint density at radius 2 is 1.47 bits per heavy atom. The number of aliphatic hydroxyl groups is 1. The van der Waals surface area contributed by atoms with Crippen molar-refractivity contribution in [1.82, 2.24) is 4.98 Å². The molecule has 0 aliphatic heterocycles. The average Bonchev–Trinajstić information content (AvgIpc) is 2.98. The number of allylic oxidation sites excluding steroid dienone is 2. The summed E-state index contributed by atoms with van der Waals surface area (Å²) in [6.45, 7) is 30.4. The molecule has 1 heterocycles. The predicted molar refractivity (Wildman–Crippen MR) is 195 cm³/mol. The minimum Gasteiger partial charge on any atom is -0.512 e. The van der Waals surface area contributed by atoms with Gasteiger partial charge in [-0.1, -0.05) is 101 Å². The van der Waals surface area contributed by atoms with Crippen molar-refractivity contribution in [1.29, 1.82) is 0 Å². The van der Waals surface area contributed by atoms with E-state index in [9.17, 15) is 9.90 Å². The topological polar surface area (TPSA) is 50.2 Å². The first kappa shape index (κ1) is 40.9. The molecule has 1 aromatic heterocycles. The molecule has 0 aliphatic carbocycles. The quantitative estimate of drug-likeness (QED) is 0.0909. The summed E-state index contributed by atoms with van der Waals surface area (Å²) in [7, 11) is -1.50. The molecule has 0 saturated carbocycles. The fourth-order valence-electron chi connectivity index (χ4n) is 5.68. The minimum absolute atomic E-state index is 0. The number of aryl methyl sites for hydroxylation is 3. The van der Waals surface area contributed by atoms with Crippen LogP contribution in [-0.4, -0.2) is 23.9 Å². The molecule has 0 amide bonds. The summed E-state index contributed by atoms with van der Waals surface area (Å²) in [5.41, 5.74) is 6.85. The van der Waals surface area contributed by atoms with Gasteiger partial charge in [0.2, 0.25) is 0 Å². The SMILES string of the molecule is CCC(C)(CC)C(=O)/C=C(\O)C(C)(CC)CC.CCC(C)c1cc2c([Si](C)(C)C)cnc(-c3[c-]c(C)cc(C)c3)c2cc1C.[Ir]. The Balaban J connectivity index is 0.000000491. The zero-order valence-corrected chi connectivity index (χ0v) is 34.1. The van der Waals surface area contributed by atoms with Gasteiger partial charge in [0, 0.05) is 43.2 Å². The molecule has 45 heavy (non-hydrogen) atoms. The molecule has 3 rings (SSSR count). The van der Waals surface area contributed by atoms with E-state index in [0.29, 0.717) is 5.92 Å². The number of carbonyl (C=O) groups is 1. The van der Waals surface area contributed by atoms with Crippen molar-refractivity contribution in [3.63, 3.8) is 0 Å². The van der Waals surface area contributed by atoms with Crippen LogP contribution in [-0.2, 0) is 24.9 Å². The molecule has 2 aromatic carbocycles. The molecule has 1 unspecified atom stereocenters. The summed E-state index contributed by atoms with van der Waals surface area (Å²) in [6.07, 6.45) is 8.06. The fourth-order valence-corrected chi connectivity index (χ4v) is 7.15. The van der Waals surface area contributed by atoms with Crippen molar-refractivity contribution < 1.29 is 30.0 Å². The van der Waals surface area contributed by atoms with Crippen LogP contribution in [0.2, 0.25) is 19.6 Å². The third-order valence-electron chi connectivity index (χ3n) is 10.2. The van der Waals surface area contributed by atoms with Crippen LogP contribution < -0.4 is 5.19 Å². The molecule has 0 saturated heterocycles. The average molecular weight is 807 g/mol. The number of aromatic nitrogens is 1. The summed E-state index contributed by atoms with van der Waals surface area (Å²) in [6, 6.07) is 12.7. The molecule has 3 nitrogen and oxygen atoms in total. The Morgan fingerprint density at radius 3 is 1.93 bits per heavy atom. The zero-order valence-electron chi connectivity index (χ0n) is 30.7. The molecule has 251 valence electrons. The van der Waals surface area contributed by atoms with Crippen LogP contribution in [0.4, 0.5) is 0 Å². The maximum absolute atomic E-state index is 12.2. The second kappa shape index (κ2) is 16.7. The molecule has 1 N–H and O–H groups in total. The Hall–Kier alpha value is -2.07. The second-order valence-electron chi connectivity index (χ2n) is 14.5. The van der Waals surface area contributed by atoms with Crippen molar-refractivity contribution in [2.45, 2.75) is 134 Å². The van der Waals surface area contributed by atoms with Crippen LogP contribution in [0.5, 0.6) is 0 Å². The first-order chi connectivity index (χ1) is 20.4. The molecule has 0 spiro atoms. The Labute approximate surface area is 290 Å². The number of benzene rings is 2. The van der Waals surface area contributed by atoms with Gasteiger partial charge in [-0.3, -0.25) is 4.79 Å². The van der Waals surface area contributed by atoms with Gasteiger partial charge in [-0.05, 0) is 77.7 Å². The summed E-state index contributed by atoms with van der Waals surface area (Å²) in [5, 5.41) is 14.3. The van der Waals surface area contributed by atoms with Crippen molar-refractivity contribution >= 4 is 29.8 Å². The number of hydrogen-bond donors (Lipinski definition) is 1. The maximum Gasteiger partial charge on any atom is 0.164 e. The van der Waals surface area contributed by atoms with Gasteiger partial charge in [-0.15, -0.1) is 34.9 Å². The van der Waals surface area contributed by atoms with Gasteiger partial charge in [-0.2, -0.15) is 0 Å². The van der Waals surface area contributed by atoms with Gasteiger partial charge in [-0.25, -0.2) is 0 Å². The van der Waals surface area contributed by atoms with E-state index in [1.54, 1.807) is 0 Å². The maximum atomic E-state index is 12.2. The number of hydrogen-bond acceptors (Lipinski definition) is 3. The van der Waals surface area contributed by atoms with Gasteiger partial charge in [0.25, 0.3) is 0 Å². The van der Waals surface area contributed by atoms with E-state index < -0.39 is 8.07 Å². The molecular formula is C40H60IrNO2Si-. The van der Waals surface area contributed by atoms with Gasteiger partial charge >= 0.3 is 0 Å². The van der Waals surface area contributed by atoms with E-state index in [2.05, 4.69) is 90.8 Å². The standard InChI is InChI=1S/C25H32NSi.C15H28O2.Ir/c1-9-18(4)21-14-22-23(13-19(21)5)25(26-15-24(22)27(6,7)8)20-11-16(2)10-17(3)12-20;1-7-14(5,8-2)12(16)11-13(17)15(6,9-3)10-4;/h10-11,13-15,18H,9H2,1-8H3;11,16H,7-10H2,1-6H3;/q-1;;/b;12-11-;. The van der Waals surface area contributed by atoms with E-state index in [-0.39, 0.29) is 42.5 Å². The number of carbonyl (C=O) groups excluding carboxylic acids is 1. The van der Waals surface area contributed by atoms with Crippen molar-refractivity contribution in [3.05, 3.63) is 70.6 Å². The molecule has 5 heteroatoms. The molecule has 3 aromatic rings. The number of aliphatic hydroxyl groups excluding tert-OH is 1. The van der Waals surface area contributed by atoms with E-state index in [4.69, 9.17) is 4.98 Å². The van der Waals surface area contributed by atoms with Crippen molar-refractivity contribution in [3.8, 4) is 11.3 Å². The van der Waals surface area contributed by atoms with E-state index in [1.807, 2.05) is 41.5 Å². The van der Waals surface area contributed by atoms with Crippen molar-refractivity contribution in [2.75, 3.05) is 0 Å². The third kappa shape index (κ3) is 9.72. The normalized spacial score (nSPS) is 13.2. The Kier molecular flexibility index (Phi) is 15.2. The largest absolute Gasteiger partial charge is 0.512 e. The number of ketones is 1. The molecular weight excluding hydrogens is 747 g/mol. The van der Waals surface area contributed by atoms with Crippen LogP contribution >= 0.6 is 0 Å². The van der Waals surface area contributed by atoms with E-state index in [0.717, 1.165) is 43.4 Å². The summed E-state index contributed by atoms with van der Waals surface area (Å²) < 4.78 is 0. The van der Waals surface area contributed by atoms with Crippen LogP contribution in [0.25, 0.3) is 22.0 Å². The predicted octanol–water partition coefficient (Wildman–Crippen LogP) is 11.3. The van der Waals surface area contributed by atoms with Crippen LogP contribution in [0, 0.1) is 37.7 Å². The first-order valence-electron chi connectivity index (χ1n) is 16.8. The van der Waals surface area contributed by atoms with Crippen molar-refractivity contribution in [2.24, 2.45) is 10.8 Å². The monoisotopic (exact) mass is 807 g/mol. The molecule has 1 radical (unpaired) electrons.